The first-order valence-corrected chi connectivity index (χ1v) is 8.05. The van der Waals surface area contributed by atoms with Crippen LogP contribution in [0.3, 0.4) is 0 Å². The summed E-state index contributed by atoms with van der Waals surface area (Å²) in [5.74, 6) is 0.330. The van der Waals surface area contributed by atoms with E-state index in [-0.39, 0.29) is 0 Å². The minimum absolute atomic E-state index is 0.330. The molecule has 0 unspecified atom stereocenters. The van der Waals surface area contributed by atoms with Crippen molar-refractivity contribution in [1.82, 2.24) is 4.98 Å². The molecule has 3 rings (SSSR count). The summed E-state index contributed by atoms with van der Waals surface area (Å²) in [4.78, 5) is 4.52. The van der Waals surface area contributed by atoms with Crippen molar-refractivity contribution in [1.29, 1.82) is 5.26 Å². The van der Waals surface area contributed by atoms with E-state index in [9.17, 15) is 5.26 Å². The summed E-state index contributed by atoms with van der Waals surface area (Å²) in [7, 11) is 0. The highest BCUT2D eigenvalue weighted by Crippen LogP contribution is 2.35. The molecule has 0 radical (unpaired) electrons. The number of hydrogen-bond donors (Lipinski definition) is 1. The standard InChI is InChI=1S/C18H18ClN3/c19-13-7-5-6-12(10-13)17-14-8-3-1-2-4-9-16(14)22-18(21)15(17)11-20/h5-7,10H,1-4,8-9H2,(H2,21,22). The van der Waals surface area contributed by atoms with Crippen LogP contribution < -0.4 is 5.73 Å². The number of fused-ring (bicyclic) bond motifs is 1. The van der Waals surface area contributed by atoms with Crippen molar-refractivity contribution in [2.75, 3.05) is 5.73 Å². The number of rotatable bonds is 1. The fourth-order valence-corrected chi connectivity index (χ4v) is 3.38. The van der Waals surface area contributed by atoms with E-state index in [0.717, 1.165) is 42.5 Å². The molecule has 22 heavy (non-hydrogen) atoms. The second kappa shape index (κ2) is 6.37. The number of pyridine rings is 1. The normalized spacial score (nSPS) is 14.5. The number of nitrogens with two attached hydrogens (primary N) is 1. The zero-order valence-electron chi connectivity index (χ0n) is 12.4. The van der Waals surface area contributed by atoms with Crippen LogP contribution in [0.1, 0.15) is 42.5 Å². The minimum atomic E-state index is 0.330. The fraction of sp³-hybridized carbons (Fsp3) is 0.333. The van der Waals surface area contributed by atoms with Crippen LogP contribution in [0.25, 0.3) is 11.1 Å². The van der Waals surface area contributed by atoms with E-state index in [2.05, 4.69) is 11.1 Å². The molecule has 3 nitrogen and oxygen atoms in total. The van der Waals surface area contributed by atoms with E-state index in [1.165, 1.54) is 18.4 Å². The van der Waals surface area contributed by atoms with Crippen molar-refractivity contribution >= 4 is 17.4 Å². The first-order valence-electron chi connectivity index (χ1n) is 7.68. The molecular formula is C18H18ClN3. The Morgan fingerprint density at radius 3 is 2.64 bits per heavy atom. The molecule has 0 amide bonds. The Kier molecular flexibility index (Phi) is 4.31. The Hall–Kier alpha value is -2.05. The van der Waals surface area contributed by atoms with Gasteiger partial charge in [0.15, 0.2) is 0 Å². The highest BCUT2D eigenvalue weighted by molar-refractivity contribution is 6.30. The van der Waals surface area contributed by atoms with Crippen molar-refractivity contribution in [2.24, 2.45) is 0 Å². The van der Waals surface area contributed by atoms with Gasteiger partial charge in [-0.1, -0.05) is 36.6 Å². The molecule has 0 aliphatic heterocycles. The molecule has 0 bridgehead atoms. The van der Waals surface area contributed by atoms with E-state index in [0.29, 0.717) is 16.4 Å². The predicted octanol–water partition coefficient (Wildman–Crippen LogP) is 4.51. The van der Waals surface area contributed by atoms with Crippen molar-refractivity contribution in [2.45, 2.75) is 38.5 Å². The van der Waals surface area contributed by atoms with E-state index in [1.54, 1.807) is 0 Å². The molecule has 1 aliphatic rings. The van der Waals surface area contributed by atoms with Crippen LogP contribution in [0.4, 0.5) is 5.82 Å². The van der Waals surface area contributed by atoms with Crippen molar-refractivity contribution in [3.63, 3.8) is 0 Å². The van der Waals surface area contributed by atoms with E-state index in [4.69, 9.17) is 17.3 Å². The summed E-state index contributed by atoms with van der Waals surface area (Å²) < 4.78 is 0. The zero-order chi connectivity index (χ0) is 15.5. The van der Waals surface area contributed by atoms with Gasteiger partial charge in [-0.2, -0.15) is 5.26 Å². The number of nitriles is 1. The Bertz CT molecular complexity index is 747. The van der Waals surface area contributed by atoms with Gasteiger partial charge in [0.05, 0.1) is 0 Å². The van der Waals surface area contributed by atoms with E-state index in [1.807, 2.05) is 24.3 Å². The minimum Gasteiger partial charge on any atom is -0.383 e. The van der Waals surface area contributed by atoms with Crippen LogP contribution in [0.2, 0.25) is 5.02 Å². The molecule has 0 atom stereocenters. The van der Waals surface area contributed by atoms with E-state index < -0.39 is 0 Å². The van der Waals surface area contributed by atoms with Gasteiger partial charge >= 0.3 is 0 Å². The number of aromatic nitrogens is 1. The molecule has 1 aromatic heterocycles. The third-order valence-corrected chi connectivity index (χ3v) is 4.46. The van der Waals surface area contributed by atoms with Crippen molar-refractivity contribution in [3.05, 3.63) is 46.1 Å². The summed E-state index contributed by atoms with van der Waals surface area (Å²) in [5.41, 5.74) is 10.6. The number of nitrogens with zero attached hydrogens (tertiary/aromatic N) is 2. The third-order valence-electron chi connectivity index (χ3n) is 4.23. The zero-order valence-corrected chi connectivity index (χ0v) is 13.2. The quantitative estimate of drug-likeness (QED) is 0.842. The summed E-state index contributed by atoms with van der Waals surface area (Å²) >= 11 is 6.14. The first kappa shape index (κ1) is 14.9. The molecule has 2 aromatic rings. The van der Waals surface area contributed by atoms with Crippen LogP contribution in [0.5, 0.6) is 0 Å². The first-order chi connectivity index (χ1) is 10.7. The van der Waals surface area contributed by atoms with Crippen molar-refractivity contribution in [3.8, 4) is 17.2 Å². The highest BCUT2D eigenvalue weighted by atomic mass is 35.5. The number of benzene rings is 1. The summed E-state index contributed by atoms with van der Waals surface area (Å²) in [6.45, 7) is 0. The molecule has 2 N–H and O–H groups in total. The molecule has 0 spiro atoms. The van der Waals surface area contributed by atoms with Gasteiger partial charge in [0.1, 0.15) is 17.5 Å². The fourth-order valence-electron chi connectivity index (χ4n) is 3.19. The Labute approximate surface area is 135 Å². The number of hydrogen-bond acceptors (Lipinski definition) is 3. The van der Waals surface area contributed by atoms with Gasteiger partial charge in [-0.15, -0.1) is 0 Å². The Balaban J connectivity index is 2.27. The second-order valence-corrected chi connectivity index (χ2v) is 6.15. The average molecular weight is 312 g/mol. The molecule has 1 aliphatic carbocycles. The summed E-state index contributed by atoms with van der Waals surface area (Å²) in [6.07, 6.45) is 6.57. The van der Waals surface area contributed by atoms with Gasteiger partial charge in [-0.3, -0.25) is 0 Å². The van der Waals surface area contributed by atoms with Gasteiger partial charge in [0, 0.05) is 16.3 Å². The summed E-state index contributed by atoms with van der Waals surface area (Å²) in [5, 5.41) is 10.2. The Morgan fingerprint density at radius 2 is 1.91 bits per heavy atom. The van der Waals surface area contributed by atoms with Gasteiger partial charge in [0.25, 0.3) is 0 Å². The SMILES string of the molecule is N#Cc1c(N)nc2c(c1-c1cccc(Cl)c1)CCCCCC2. The van der Waals surface area contributed by atoms with Crippen molar-refractivity contribution < 1.29 is 0 Å². The molecular weight excluding hydrogens is 294 g/mol. The monoisotopic (exact) mass is 311 g/mol. The maximum absolute atomic E-state index is 9.55. The maximum atomic E-state index is 9.55. The molecule has 4 heteroatoms. The summed E-state index contributed by atoms with van der Waals surface area (Å²) in [6, 6.07) is 9.87. The molecule has 0 saturated heterocycles. The lowest BCUT2D eigenvalue weighted by Crippen LogP contribution is -2.10. The predicted molar refractivity (Wildman–Crippen MR) is 89.7 cm³/mol. The topological polar surface area (TPSA) is 62.7 Å². The van der Waals surface area contributed by atoms with Crippen LogP contribution in [-0.4, -0.2) is 4.98 Å². The van der Waals surface area contributed by atoms with Crippen LogP contribution in [-0.2, 0) is 12.8 Å². The average Bonchev–Trinajstić information content (AvgIpc) is 2.48. The largest absolute Gasteiger partial charge is 0.383 e. The smallest absolute Gasteiger partial charge is 0.142 e. The van der Waals surface area contributed by atoms with Gasteiger partial charge in [0.2, 0.25) is 0 Å². The van der Waals surface area contributed by atoms with Crippen LogP contribution in [0, 0.1) is 11.3 Å². The number of halogens is 1. The Morgan fingerprint density at radius 1 is 1.14 bits per heavy atom. The van der Waals surface area contributed by atoms with E-state index >= 15 is 0 Å². The molecule has 112 valence electrons. The second-order valence-electron chi connectivity index (χ2n) is 5.71. The molecule has 1 aromatic carbocycles. The number of anilines is 1. The lowest BCUT2D eigenvalue weighted by Gasteiger charge is -2.19. The molecule has 1 heterocycles. The lowest BCUT2D eigenvalue weighted by atomic mass is 9.88. The number of nitrogen functional groups attached to an aromatic ring is 1. The number of aryl methyl sites for hydroxylation is 1. The lowest BCUT2D eigenvalue weighted by molar-refractivity contribution is 0.610. The van der Waals surface area contributed by atoms with Crippen LogP contribution in [0.15, 0.2) is 24.3 Å². The van der Waals surface area contributed by atoms with Gasteiger partial charge in [-0.05, 0) is 48.9 Å². The van der Waals surface area contributed by atoms with Gasteiger partial charge < -0.3 is 5.73 Å². The van der Waals surface area contributed by atoms with Gasteiger partial charge in [-0.25, -0.2) is 4.98 Å². The molecule has 0 fully saturated rings. The highest BCUT2D eigenvalue weighted by Gasteiger charge is 2.20. The third kappa shape index (κ3) is 2.80. The molecule has 0 saturated carbocycles. The van der Waals surface area contributed by atoms with Crippen LogP contribution >= 0.6 is 11.6 Å². The maximum Gasteiger partial charge on any atom is 0.142 e.